The Morgan fingerprint density at radius 1 is 1.31 bits per heavy atom. The Balaban J connectivity index is 0.00000128. The molecule has 0 amide bonds. The second kappa shape index (κ2) is 3.92. The van der Waals surface area contributed by atoms with Gasteiger partial charge in [0.1, 0.15) is 11.4 Å². The third-order valence-electron chi connectivity index (χ3n) is 2.34. The lowest BCUT2D eigenvalue weighted by Crippen LogP contribution is -2.49. The fourth-order valence-corrected chi connectivity index (χ4v) is 1.52. The summed E-state index contributed by atoms with van der Waals surface area (Å²) >= 11 is 0. The summed E-state index contributed by atoms with van der Waals surface area (Å²) < 4.78 is 5.65. The summed E-state index contributed by atoms with van der Waals surface area (Å²) in [5, 5.41) is 12.5. The zero-order chi connectivity index (χ0) is 11.1. The molecule has 0 aliphatic carbocycles. The van der Waals surface area contributed by atoms with E-state index in [0.29, 0.717) is 11.4 Å². The number of nitrogens with one attached hydrogen (secondary N) is 2. The van der Waals surface area contributed by atoms with E-state index in [1.165, 1.54) is 5.01 Å². The van der Waals surface area contributed by atoms with Gasteiger partial charge in [-0.3, -0.25) is 5.41 Å². The lowest BCUT2D eigenvalue weighted by molar-refractivity contribution is 0.172. The van der Waals surface area contributed by atoms with Gasteiger partial charge in [-0.2, -0.15) is 10.5 Å². The molecule has 0 saturated carbocycles. The van der Waals surface area contributed by atoms with Gasteiger partial charge in [-0.1, -0.05) is 24.8 Å². The molecule has 5 nitrogen and oxygen atoms in total. The number of anilines is 1. The molecule has 0 aromatic heterocycles. The van der Waals surface area contributed by atoms with Crippen molar-refractivity contribution >= 4 is 11.5 Å². The van der Waals surface area contributed by atoms with E-state index >= 15 is 0 Å². The van der Waals surface area contributed by atoms with E-state index in [-0.39, 0.29) is 13.3 Å². The SMILES string of the molecule is C.CC1(C)Oc2ccccc2N(N=N)C1=N. The smallest absolute Gasteiger partial charge is 0.168 e. The van der Waals surface area contributed by atoms with Gasteiger partial charge in [-0.05, 0) is 26.0 Å². The average Bonchev–Trinajstić information content (AvgIpc) is 2.19. The standard InChI is InChI=1S/C10H12N4O.CH4/c1-10(2)9(11)14(13-12)7-5-3-4-6-8(7)15-10;/h3-6,11-12H,1-2H3;1H4. The molecule has 1 aliphatic rings. The molecule has 2 rings (SSSR count). The molecule has 5 heteroatoms. The summed E-state index contributed by atoms with van der Waals surface area (Å²) in [6, 6.07) is 7.26. The van der Waals surface area contributed by atoms with Gasteiger partial charge in [0.15, 0.2) is 11.4 Å². The van der Waals surface area contributed by atoms with Gasteiger partial charge in [-0.25, -0.2) is 0 Å². The van der Waals surface area contributed by atoms with Crippen molar-refractivity contribution in [3.63, 3.8) is 0 Å². The summed E-state index contributed by atoms with van der Waals surface area (Å²) in [6.45, 7) is 3.56. The molecule has 1 aromatic rings. The van der Waals surface area contributed by atoms with Crippen molar-refractivity contribution in [3.8, 4) is 5.75 Å². The Bertz CT molecular complexity index is 428. The molecule has 0 atom stereocenters. The van der Waals surface area contributed by atoms with E-state index in [9.17, 15) is 0 Å². The predicted octanol–water partition coefficient (Wildman–Crippen LogP) is 3.22. The maximum absolute atomic E-state index is 7.87. The van der Waals surface area contributed by atoms with Crippen molar-refractivity contribution < 1.29 is 4.74 Å². The highest BCUT2D eigenvalue weighted by Gasteiger charge is 2.37. The van der Waals surface area contributed by atoms with Crippen LogP contribution in [0, 0.1) is 10.9 Å². The van der Waals surface area contributed by atoms with Gasteiger partial charge < -0.3 is 4.74 Å². The van der Waals surface area contributed by atoms with Crippen molar-refractivity contribution in [2.45, 2.75) is 26.9 Å². The predicted molar refractivity (Wildman–Crippen MR) is 63.2 cm³/mol. The van der Waals surface area contributed by atoms with Crippen LogP contribution in [0.1, 0.15) is 21.3 Å². The van der Waals surface area contributed by atoms with Gasteiger partial charge in [0, 0.05) is 0 Å². The van der Waals surface area contributed by atoms with Crippen LogP contribution in [-0.2, 0) is 0 Å². The van der Waals surface area contributed by atoms with Gasteiger partial charge in [0.05, 0.1) is 0 Å². The van der Waals surface area contributed by atoms with E-state index in [4.69, 9.17) is 15.7 Å². The minimum atomic E-state index is -0.751. The molecule has 86 valence electrons. The first-order valence-electron chi connectivity index (χ1n) is 4.61. The molecule has 0 spiro atoms. The summed E-state index contributed by atoms with van der Waals surface area (Å²) in [6.07, 6.45) is 0. The first-order valence-corrected chi connectivity index (χ1v) is 4.61. The Morgan fingerprint density at radius 2 is 1.94 bits per heavy atom. The molecule has 0 saturated heterocycles. The van der Waals surface area contributed by atoms with Crippen LogP contribution in [0.4, 0.5) is 5.69 Å². The Labute approximate surface area is 95.0 Å². The quantitative estimate of drug-likeness (QED) is 0.713. The Morgan fingerprint density at radius 3 is 2.56 bits per heavy atom. The number of amidine groups is 1. The third-order valence-corrected chi connectivity index (χ3v) is 2.34. The molecule has 16 heavy (non-hydrogen) atoms. The highest BCUT2D eigenvalue weighted by atomic mass is 16.5. The number of para-hydroxylation sites is 2. The molecular weight excluding hydrogens is 204 g/mol. The van der Waals surface area contributed by atoms with Crippen LogP contribution in [-0.4, -0.2) is 11.4 Å². The Hall–Kier alpha value is -1.91. The number of benzene rings is 1. The molecule has 0 radical (unpaired) electrons. The zero-order valence-corrected chi connectivity index (χ0v) is 8.61. The summed E-state index contributed by atoms with van der Waals surface area (Å²) in [7, 11) is 0. The third kappa shape index (κ3) is 1.64. The molecule has 2 N–H and O–H groups in total. The fourth-order valence-electron chi connectivity index (χ4n) is 1.52. The van der Waals surface area contributed by atoms with Crippen LogP contribution in [0.3, 0.4) is 0 Å². The molecule has 0 unspecified atom stereocenters. The summed E-state index contributed by atoms with van der Waals surface area (Å²) in [4.78, 5) is 0. The van der Waals surface area contributed by atoms with Crippen LogP contribution in [0.2, 0.25) is 0 Å². The maximum atomic E-state index is 7.87. The van der Waals surface area contributed by atoms with Gasteiger partial charge in [0.25, 0.3) is 0 Å². The topological polar surface area (TPSA) is 72.5 Å². The van der Waals surface area contributed by atoms with Crippen molar-refractivity contribution in [3.05, 3.63) is 24.3 Å². The van der Waals surface area contributed by atoms with Crippen molar-refractivity contribution in [2.75, 3.05) is 5.01 Å². The van der Waals surface area contributed by atoms with Crippen LogP contribution in [0.15, 0.2) is 29.5 Å². The second-order valence-corrected chi connectivity index (χ2v) is 3.84. The van der Waals surface area contributed by atoms with Crippen molar-refractivity contribution in [1.29, 1.82) is 10.9 Å². The summed E-state index contributed by atoms with van der Waals surface area (Å²) in [5.41, 5.74) is 6.97. The molecular formula is C11H16N4O. The largest absolute Gasteiger partial charge is 0.478 e. The van der Waals surface area contributed by atoms with Crippen LogP contribution < -0.4 is 9.75 Å². The van der Waals surface area contributed by atoms with Crippen LogP contribution in [0.5, 0.6) is 5.75 Å². The second-order valence-electron chi connectivity index (χ2n) is 3.84. The van der Waals surface area contributed by atoms with Crippen LogP contribution >= 0.6 is 0 Å². The number of rotatable bonds is 1. The van der Waals surface area contributed by atoms with Gasteiger partial charge >= 0.3 is 0 Å². The molecule has 1 aliphatic heterocycles. The first-order chi connectivity index (χ1) is 7.06. The molecule has 0 fully saturated rings. The van der Waals surface area contributed by atoms with Gasteiger partial charge in [0.2, 0.25) is 0 Å². The molecule has 1 aromatic carbocycles. The number of nitrogens with zero attached hydrogens (tertiary/aromatic N) is 2. The first kappa shape index (κ1) is 12.2. The highest BCUT2D eigenvalue weighted by Crippen LogP contribution is 2.37. The van der Waals surface area contributed by atoms with E-state index in [1.807, 2.05) is 18.2 Å². The summed E-state index contributed by atoms with van der Waals surface area (Å²) in [5.74, 6) is 0.811. The van der Waals surface area contributed by atoms with Crippen molar-refractivity contribution in [2.24, 2.45) is 5.22 Å². The molecule has 0 bridgehead atoms. The fraction of sp³-hybridized carbons (Fsp3) is 0.364. The maximum Gasteiger partial charge on any atom is 0.168 e. The average molecular weight is 220 g/mol. The Kier molecular flexibility index (Phi) is 2.98. The van der Waals surface area contributed by atoms with E-state index < -0.39 is 5.60 Å². The number of hydrogen-bond acceptors (Lipinski definition) is 4. The zero-order valence-electron chi connectivity index (χ0n) is 8.61. The molecule has 1 heterocycles. The minimum absolute atomic E-state index is 0. The number of fused-ring (bicyclic) bond motifs is 1. The number of hydrogen-bond donors (Lipinski definition) is 2. The van der Waals surface area contributed by atoms with E-state index in [2.05, 4.69) is 5.22 Å². The lowest BCUT2D eigenvalue weighted by Gasteiger charge is -2.37. The van der Waals surface area contributed by atoms with Gasteiger partial charge in [-0.15, -0.1) is 0 Å². The van der Waals surface area contributed by atoms with E-state index in [1.54, 1.807) is 19.9 Å². The lowest BCUT2D eigenvalue weighted by atomic mass is 10.0. The monoisotopic (exact) mass is 220 g/mol. The van der Waals surface area contributed by atoms with E-state index in [0.717, 1.165) is 0 Å². The normalized spacial score (nSPS) is 16.9. The van der Waals surface area contributed by atoms with Crippen LogP contribution in [0.25, 0.3) is 0 Å². The number of ether oxygens (including phenoxy) is 1. The minimum Gasteiger partial charge on any atom is -0.478 e. The van der Waals surface area contributed by atoms with Crippen molar-refractivity contribution in [1.82, 2.24) is 0 Å². The highest BCUT2D eigenvalue weighted by molar-refractivity contribution is 6.03.